The van der Waals surface area contributed by atoms with Gasteiger partial charge in [0.2, 0.25) is 0 Å². The summed E-state index contributed by atoms with van der Waals surface area (Å²) in [6.07, 6.45) is 1.77. The monoisotopic (exact) mass is 337 g/mol. The van der Waals surface area contributed by atoms with Crippen molar-refractivity contribution in [2.75, 3.05) is 13.1 Å². The van der Waals surface area contributed by atoms with E-state index >= 15 is 0 Å². The standard InChI is InChI=1S/C18H18ClF2NO/c19-14-4-2-6-16(21)18(14)23-11-13-3-1-5-15(20)17(13)12-7-9-22-10-8-12/h1-6,12,22H,7-11H2. The molecule has 0 aliphatic carbocycles. The van der Waals surface area contributed by atoms with Gasteiger partial charge >= 0.3 is 0 Å². The van der Waals surface area contributed by atoms with Crippen LogP contribution in [0.3, 0.4) is 0 Å². The fourth-order valence-corrected chi connectivity index (χ4v) is 3.26. The minimum atomic E-state index is -0.516. The maximum absolute atomic E-state index is 14.3. The first-order valence-electron chi connectivity index (χ1n) is 7.71. The van der Waals surface area contributed by atoms with Gasteiger partial charge in [-0.05, 0) is 61.2 Å². The first-order chi connectivity index (χ1) is 11.2. The molecule has 2 nitrogen and oxygen atoms in total. The highest BCUT2D eigenvalue weighted by Crippen LogP contribution is 2.32. The molecular formula is C18H18ClF2NO. The van der Waals surface area contributed by atoms with Crippen molar-refractivity contribution in [2.45, 2.75) is 25.4 Å². The van der Waals surface area contributed by atoms with Gasteiger partial charge in [-0.15, -0.1) is 0 Å². The van der Waals surface area contributed by atoms with E-state index in [1.165, 1.54) is 18.2 Å². The molecule has 2 aromatic carbocycles. The van der Waals surface area contributed by atoms with Crippen molar-refractivity contribution in [3.05, 3.63) is 64.2 Å². The minimum Gasteiger partial charge on any atom is -0.484 e. The lowest BCUT2D eigenvalue weighted by Gasteiger charge is -2.25. The number of hydrogen-bond donors (Lipinski definition) is 1. The Hall–Kier alpha value is -1.65. The van der Waals surface area contributed by atoms with E-state index in [0.29, 0.717) is 5.56 Å². The summed E-state index contributed by atoms with van der Waals surface area (Å²) in [4.78, 5) is 0. The summed E-state index contributed by atoms with van der Waals surface area (Å²) in [6.45, 7) is 1.84. The lowest BCUT2D eigenvalue weighted by molar-refractivity contribution is 0.286. The third kappa shape index (κ3) is 3.65. The van der Waals surface area contributed by atoms with E-state index in [1.807, 2.05) is 6.07 Å². The predicted molar refractivity (Wildman–Crippen MR) is 87.0 cm³/mol. The summed E-state index contributed by atoms with van der Waals surface area (Å²) in [7, 11) is 0. The normalized spacial score (nSPS) is 15.6. The van der Waals surface area contributed by atoms with Crippen molar-refractivity contribution >= 4 is 11.6 Å². The van der Waals surface area contributed by atoms with E-state index < -0.39 is 5.82 Å². The number of ether oxygens (including phenoxy) is 1. The highest BCUT2D eigenvalue weighted by atomic mass is 35.5. The second-order valence-electron chi connectivity index (χ2n) is 5.68. The Kier molecular flexibility index (Phi) is 5.13. The van der Waals surface area contributed by atoms with Crippen molar-refractivity contribution in [3.63, 3.8) is 0 Å². The van der Waals surface area contributed by atoms with E-state index in [2.05, 4.69) is 5.32 Å². The van der Waals surface area contributed by atoms with E-state index in [0.717, 1.165) is 31.5 Å². The van der Waals surface area contributed by atoms with Gasteiger partial charge in [0.05, 0.1) is 5.02 Å². The zero-order chi connectivity index (χ0) is 16.2. The number of para-hydroxylation sites is 1. The Morgan fingerprint density at radius 2 is 1.74 bits per heavy atom. The molecular weight excluding hydrogens is 320 g/mol. The van der Waals surface area contributed by atoms with Gasteiger partial charge in [0, 0.05) is 0 Å². The number of rotatable bonds is 4. The van der Waals surface area contributed by atoms with Crippen LogP contribution in [0.5, 0.6) is 5.75 Å². The van der Waals surface area contributed by atoms with Gasteiger partial charge in [-0.2, -0.15) is 0 Å². The van der Waals surface area contributed by atoms with Gasteiger partial charge in [0.1, 0.15) is 12.4 Å². The zero-order valence-electron chi connectivity index (χ0n) is 12.6. The molecule has 0 bridgehead atoms. The number of piperidine rings is 1. The van der Waals surface area contributed by atoms with Crippen molar-refractivity contribution in [2.24, 2.45) is 0 Å². The van der Waals surface area contributed by atoms with Crippen LogP contribution < -0.4 is 10.1 Å². The molecule has 0 atom stereocenters. The molecule has 122 valence electrons. The van der Waals surface area contributed by atoms with Gasteiger partial charge in [-0.25, -0.2) is 8.78 Å². The van der Waals surface area contributed by atoms with Crippen molar-refractivity contribution in [3.8, 4) is 5.75 Å². The molecule has 0 aromatic heterocycles. The van der Waals surface area contributed by atoms with E-state index in [4.69, 9.17) is 16.3 Å². The van der Waals surface area contributed by atoms with Crippen LogP contribution in [0.25, 0.3) is 0 Å². The molecule has 0 radical (unpaired) electrons. The molecule has 5 heteroatoms. The Balaban J connectivity index is 1.84. The summed E-state index contributed by atoms with van der Waals surface area (Å²) in [6, 6.07) is 9.33. The Morgan fingerprint density at radius 3 is 2.48 bits per heavy atom. The van der Waals surface area contributed by atoms with E-state index in [1.54, 1.807) is 12.1 Å². The first-order valence-corrected chi connectivity index (χ1v) is 8.09. The van der Waals surface area contributed by atoms with Crippen LogP contribution in [0.2, 0.25) is 5.02 Å². The lowest BCUT2D eigenvalue weighted by Crippen LogP contribution is -2.27. The maximum atomic E-state index is 14.3. The third-order valence-electron chi connectivity index (χ3n) is 4.18. The number of nitrogens with one attached hydrogen (secondary N) is 1. The van der Waals surface area contributed by atoms with E-state index in [-0.39, 0.29) is 29.1 Å². The predicted octanol–water partition coefficient (Wildman–Crippen LogP) is 4.66. The van der Waals surface area contributed by atoms with Crippen LogP contribution in [-0.2, 0) is 6.61 Å². The quantitative estimate of drug-likeness (QED) is 0.875. The Morgan fingerprint density at radius 1 is 1.04 bits per heavy atom. The summed E-state index contributed by atoms with van der Waals surface area (Å²) in [5.74, 6) is -0.572. The van der Waals surface area contributed by atoms with Crippen LogP contribution in [0.15, 0.2) is 36.4 Å². The molecule has 0 unspecified atom stereocenters. The number of benzene rings is 2. The molecule has 3 rings (SSSR count). The van der Waals surface area contributed by atoms with Crippen LogP contribution >= 0.6 is 11.6 Å². The molecule has 0 saturated carbocycles. The summed E-state index contributed by atoms with van der Waals surface area (Å²) in [5.41, 5.74) is 1.43. The second kappa shape index (κ2) is 7.28. The minimum absolute atomic E-state index is 0.00897. The molecule has 0 amide bonds. The molecule has 1 fully saturated rings. The number of halogens is 3. The molecule has 1 N–H and O–H groups in total. The largest absolute Gasteiger partial charge is 0.484 e. The van der Waals surface area contributed by atoms with Gasteiger partial charge < -0.3 is 10.1 Å². The summed E-state index contributed by atoms with van der Waals surface area (Å²) < 4.78 is 33.7. The second-order valence-corrected chi connectivity index (χ2v) is 6.08. The van der Waals surface area contributed by atoms with Crippen LogP contribution in [0, 0.1) is 11.6 Å². The average molecular weight is 338 g/mol. The Labute approximate surface area is 139 Å². The van der Waals surface area contributed by atoms with E-state index in [9.17, 15) is 8.78 Å². The topological polar surface area (TPSA) is 21.3 Å². The van der Waals surface area contributed by atoms with Gasteiger partial charge in [-0.1, -0.05) is 29.8 Å². The van der Waals surface area contributed by atoms with Crippen LogP contribution in [0.4, 0.5) is 8.78 Å². The fourth-order valence-electron chi connectivity index (χ4n) is 3.05. The van der Waals surface area contributed by atoms with Crippen LogP contribution in [-0.4, -0.2) is 13.1 Å². The van der Waals surface area contributed by atoms with Crippen LogP contribution in [0.1, 0.15) is 29.9 Å². The molecule has 0 spiro atoms. The van der Waals surface area contributed by atoms with Gasteiger partial charge in [0.15, 0.2) is 11.6 Å². The Bertz CT molecular complexity index is 666. The average Bonchev–Trinajstić information content (AvgIpc) is 2.55. The van der Waals surface area contributed by atoms with Crippen molar-refractivity contribution in [1.82, 2.24) is 5.32 Å². The van der Waals surface area contributed by atoms with Crippen molar-refractivity contribution in [1.29, 1.82) is 0 Å². The first kappa shape index (κ1) is 16.2. The SMILES string of the molecule is Fc1cccc(Cl)c1OCc1cccc(F)c1C1CCNCC1. The molecule has 1 aliphatic rings. The highest BCUT2D eigenvalue weighted by molar-refractivity contribution is 6.32. The van der Waals surface area contributed by atoms with Gasteiger partial charge in [-0.3, -0.25) is 0 Å². The zero-order valence-corrected chi connectivity index (χ0v) is 13.4. The summed E-state index contributed by atoms with van der Waals surface area (Å²) >= 11 is 5.97. The smallest absolute Gasteiger partial charge is 0.174 e. The molecule has 23 heavy (non-hydrogen) atoms. The fraction of sp³-hybridized carbons (Fsp3) is 0.333. The maximum Gasteiger partial charge on any atom is 0.174 e. The number of hydrogen-bond acceptors (Lipinski definition) is 2. The lowest BCUT2D eigenvalue weighted by atomic mass is 9.87. The molecule has 1 saturated heterocycles. The van der Waals surface area contributed by atoms with Gasteiger partial charge in [0.25, 0.3) is 0 Å². The third-order valence-corrected chi connectivity index (χ3v) is 4.48. The molecule has 2 aromatic rings. The molecule has 1 heterocycles. The van der Waals surface area contributed by atoms with Crippen molar-refractivity contribution < 1.29 is 13.5 Å². The molecule has 1 aliphatic heterocycles. The highest BCUT2D eigenvalue weighted by Gasteiger charge is 2.22. The summed E-state index contributed by atoms with van der Waals surface area (Å²) in [5, 5.41) is 3.49.